The van der Waals surface area contributed by atoms with Gasteiger partial charge in [-0.2, -0.15) is 0 Å². The molecule has 0 spiro atoms. The van der Waals surface area contributed by atoms with Crippen molar-refractivity contribution in [3.8, 4) is 0 Å². The van der Waals surface area contributed by atoms with Crippen molar-refractivity contribution in [2.24, 2.45) is 0 Å². The van der Waals surface area contributed by atoms with Crippen LogP contribution in [0.1, 0.15) is 35.5 Å². The second-order valence-electron chi connectivity index (χ2n) is 14.4. The minimum atomic E-state index is -1.12. The Hall–Kier alpha value is -4.54. The van der Waals surface area contributed by atoms with E-state index in [1.807, 2.05) is 121 Å². The highest BCUT2D eigenvalue weighted by Gasteiger charge is 2.61. The van der Waals surface area contributed by atoms with Crippen molar-refractivity contribution in [3.63, 3.8) is 0 Å². The second-order valence-corrected chi connectivity index (χ2v) is 14.4. The fourth-order valence-electron chi connectivity index (χ4n) is 7.78. The van der Waals surface area contributed by atoms with Crippen molar-refractivity contribution in [1.82, 2.24) is 4.90 Å². The fourth-order valence-corrected chi connectivity index (χ4v) is 7.78. The number of imide groups is 1. The molecule has 0 saturated carbocycles. The van der Waals surface area contributed by atoms with Gasteiger partial charge >= 0.3 is 6.09 Å². The Morgan fingerprint density at radius 3 is 1.86 bits per heavy atom. The molecule has 2 amide bonds. The van der Waals surface area contributed by atoms with E-state index in [9.17, 15) is 9.59 Å². The molecular formula is C44H47NO12. The van der Waals surface area contributed by atoms with Gasteiger partial charge < -0.3 is 47.4 Å². The van der Waals surface area contributed by atoms with Crippen LogP contribution in [-0.4, -0.2) is 98.6 Å². The van der Waals surface area contributed by atoms with E-state index in [4.69, 9.17) is 47.4 Å². The Labute approximate surface area is 331 Å². The minimum Gasteiger partial charge on any atom is -0.440 e. The number of carbonyl (C=O) groups excluding carboxylic acids is 2. The van der Waals surface area contributed by atoms with E-state index >= 15 is 0 Å². The lowest BCUT2D eigenvalue weighted by Crippen LogP contribution is -2.67. The molecule has 8 rings (SSSR count). The Balaban J connectivity index is 1.13. The van der Waals surface area contributed by atoms with Crippen molar-refractivity contribution >= 4 is 12.0 Å². The molecule has 57 heavy (non-hydrogen) atoms. The largest absolute Gasteiger partial charge is 0.440 e. The highest BCUT2D eigenvalue weighted by atomic mass is 16.8. The Kier molecular flexibility index (Phi) is 12.7. The first kappa shape index (κ1) is 39.3. The van der Waals surface area contributed by atoms with Gasteiger partial charge in [0.2, 0.25) is 5.91 Å². The number of benzene rings is 4. The first-order valence-electron chi connectivity index (χ1n) is 19.2. The van der Waals surface area contributed by atoms with Crippen molar-refractivity contribution in [2.75, 3.05) is 20.3 Å². The van der Waals surface area contributed by atoms with Crippen molar-refractivity contribution in [1.29, 1.82) is 0 Å². The van der Waals surface area contributed by atoms with Crippen LogP contribution in [0.4, 0.5) is 4.79 Å². The molecule has 0 N–H and O–H groups in total. The monoisotopic (exact) mass is 781 g/mol. The summed E-state index contributed by atoms with van der Waals surface area (Å²) in [5, 5.41) is 0. The van der Waals surface area contributed by atoms with Gasteiger partial charge in [-0.1, -0.05) is 121 Å². The summed E-state index contributed by atoms with van der Waals surface area (Å²) in [5.41, 5.74) is 3.70. The van der Waals surface area contributed by atoms with E-state index in [0.29, 0.717) is 0 Å². The third kappa shape index (κ3) is 8.97. The van der Waals surface area contributed by atoms with E-state index in [1.54, 1.807) is 0 Å². The predicted molar refractivity (Wildman–Crippen MR) is 202 cm³/mol. The summed E-state index contributed by atoms with van der Waals surface area (Å²) in [4.78, 5) is 27.1. The molecule has 300 valence electrons. The number of fused-ring (bicyclic) bond motifs is 2. The predicted octanol–water partition coefficient (Wildman–Crippen LogP) is 5.71. The first-order chi connectivity index (χ1) is 28.0. The van der Waals surface area contributed by atoms with Crippen molar-refractivity contribution < 1.29 is 57.0 Å². The zero-order chi connectivity index (χ0) is 39.1. The number of nitrogens with zero attached hydrogens (tertiary/aromatic N) is 1. The summed E-state index contributed by atoms with van der Waals surface area (Å²) >= 11 is 0. The molecule has 4 aliphatic rings. The first-order valence-corrected chi connectivity index (χ1v) is 19.2. The minimum absolute atomic E-state index is 0.0352. The molecule has 1 unspecified atom stereocenters. The maximum Gasteiger partial charge on any atom is 0.417 e. The molecule has 13 nitrogen and oxygen atoms in total. The molecule has 11 atom stereocenters. The van der Waals surface area contributed by atoms with Gasteiger partial charge in [0.15, 0.2) is 25.0 Å². The van der Waals surface area contributed by atoms with E-state index in [2.05, 4.69) is 0 Å². The molecule has 4 aromatic carbocycles. The Morgan fingerprint density at radius 2 is 1.26 bits per heavy atom. The second kappa shape index (κ2) is 18.4. The zero-order valence-electron chi connectivity index (χ0n) is 31.8. The normalized spacial score (nSPS) is 30.9. The summed E-state index contributed by atoms with van der Waals surface area (Å²) in [6, 6.07) is 38.1. The van der Waals surface area contributed by atoms with Crippen LogP contribution < -0.4 is 0 Å². The quantitative estimate of drug-likeness (QED) is 0.156. The van der Waals surface area contributed by atoms with Crippen LogP contribution in [0.15, 0.2) is 121 Å². The fraction of sp³-hybridized carbons (Fsp3) is 0.409. The summed E-state index contributed by atoms with van der Waals surface area (Å²) in [6.45, 7) is 2.23. The number of amides is 2. The van der Waals surface area contributed by atoms with Crippen molar-refractivity contribution in [2.45, 2.75) is 94.4 Å². The van der Waals surface area contributed by atoms with Gasteiger partial charge in [0.05, 0.1) is 33.0 Å². The summed E-state index contributed by atoms with van der Waals surface area (Å²) in [5.74, 6) is -0.518. The topological polar surface area (TPSA) is 130 Å². The molecule has 0 aliphatic carbocycles. The lowest BCUT2D eigenvalue weighted by atomic mass is 9.94. The van der Waals surface area contributed by atoms with Gasteiger partial charge in [0, 0.05) is 19.6 Å². The average Bonchev–Trinajstić information content (AvgIpc) is 3.61. The molecule has 0 radical (unpaired) electrons. The van der Waals surface area contributed by atoms with Crippen LogP contribution in [0.5, 0.6) is 0 Å². The zero-order valence-corrected chi connectivity index (χ0v) is 31.8. The smallest absolute Gasteiger partial charge is 0.417 e. The van der Waals surface area contributed by atoms with Crippen LogP contribution in [0.3, 0.4) is 0 Å². The van der Waals surface area contributed by atoms with Crippen LogP contribution in [-0.2, 0) is 72.0 Å². The SMILES string of the molecule is CO[C@H]1O[C@H](COCc2ccccc2)[C@@H](O[C@@H]2O[C@@H]3COC(c4ccccc4)O[C@H]3[C@H](OCc3ccccc3)[C@@H]2OCc2ccccc2)[C@@H]2OC(=O)N(C(C)=O)[C@@H]12. The lowest BCUT2D eigenvalue weighted by Gasteiger charge is -2.50. The summed E-state index contributed by atoms with van der Waals surface area (Å²) in [7, 11) is 1.45. The van der Waals surface area contributed by atoms with Crippen LogP contribution in [0, 0.1) is 0 Å². The molecule has 4 heterocycles. The van der Waals surface area contributed by atoms with Crippen LogP contribution in [0.2, 0.25) is 0 Å². The van der Waals surface area contributed by atoms with Gasteiger partial charge in [-0.15, -0.1) is 0 Å². The number of hydrogen-bond acceptors (Lipinski definition) is 12. The third-order valence-corrected chi connectivity index (χ3v) is 10.5. The Morgan fingerprint density at radius 1 is 0.684 bits per heavy atom. The Bertz CT molecular complexity index is 1890. The molecule has 4 aromatic rings. The van der Waals surface area contributed by atoms with E-state index in [-0.39, 0.29) is 33.0 Å². The van der Waals surface area contributed by atoms with Gasteiger partial charge in [-0.3, -0.25) is 4.79 Å². The molecule has 4 fully saturated rings. The number of rotatable bonds is 14. The van der Waals surface area contributed by atoms with Gasteiger partial charge in [0.1, 0.15) is 42.7 Å². The van der Waals surface area contributed by atoms with Crippen molar-refractivity contribution in [3.05, 3.63) is 144 Å². The highest BCUT2D eigenvalue weighted by molar-refractivity contribution is 5.92. The van der Waals surface area contributed by atoms with E-state index < -0.39 is 79.6 Å². The average molecular weight is 782 g/mol. The van der Waals surface area contributed by atoms with Gasteiger partial charge in [-0.25, -0.2) is 9.69 Å². The maximum atomic E-state index is 13.3. The molecule has 4 aliphatic heterocycles. The molecule has 0 bridgehead atoms. The number of hydrogen-bond donors (Lipinski definition) is 0. The standard InChI is InChI=1S/C44H47NO12/c1-28(46)45-35-38(57-44(45)47)36(33(53-42(35)48-2)26-49-23-29-15-7-3-8-16-29)56-43-40(51-25-31-19-11-5-12-20-31)39(50-24-30-17-9-4-10-18-30)37-34(54-43)27-52-41(55-37)32-21-13-6-14-22-32/h3-22,33-43H,23-27H2,1-2H3/t33-,34-,35-,36-,37-,38-,39+,40+,41?,42+,43+/m1/s1. The number of methoxy groups -OCH3 is 1. The van der Waals surface area contributed by atoms with Gasteiger partial charge in [-0.05, 0) is 16.7 Å². The molecular weight excluding hydrogens is 734 g/mol. The van der Waals surface area contributed by atoms with Crippen LogP contribution in [0.25, 0.3) is 0 Å². The molecule has 4 saturated heterocycles. The third-order valence-electron chi connectivity index (χ3n) is 10.5. The lowest BCUT2D eigenvalue weighted by molar-refractivity contribution is -0.389. The number of ether oxygens (including phenoxy) is 10. The maximum absolute atomic E-state index is 13.3. The van der Waals surface area contributed by atoms with E-state index in [1.165, 1.54) is 14.0 Å². The molecule has 13 heteroatoms. The van der Waals surface area contributed by atoms with Gasteiger partial charge in [0.25, 0.3) is 0 Å². The summed E-state index contributed by atoms with van der Waals surface area (Å²) < 4.78 is 64.5. The number of carbonyl (C=O) groups is 2. The molecule has 0 aromatic heterocycles. The highest BCUT2D eigenvalue weighted by Crippen LogP contribution is 2.41. The van der Waals surface area contributed by atoms with Crippen LogP contribution >= 0.6 is 0 Å². The summed E-state index contributed by atoms with van der Waals surface area (Å²) in [6.07, 6.45) is -9.38. The van der Waals surface area contributed by atoms with E-state index in [0.717, 1.165) is 27.2 Å².